The van der Waals surface area contributed by atoms with Crippen LogP contribution in [0.25, 0.3) is 0 Å². The van der Waals surface area contributed by atoms with Crippen molar-refractivity contribution in [2.24, 2.45) is 0 Å². The summed E-state index contributed by atoms with van der Waals surface area (Å²) in [4.78, 5) is 24.7. The Balaban J connectivity index is 3.18. The van der Waals surface area contributed by atoms with Crippen molar-refractivity contribution in [2.75, 3.05) is 11.8 Å². The van der Waals surface area contributed by atoms with E-state index in [4.69, 9.17) is 11.6 Å². The summed E-state index contributed by atoms with van der Waals surface area (Å²) >= 11 is 5.56. The van der Waals surface area contributed by atoms with E-state index in [1.807, 2.05) is 4.72 Å². The molecule has 0 bridgehead atoms. The van der Waals surface area contributed by atoms with Crippen LogP contribution in [-0.2, 0) is 19.6 Å². The van der Waals surface area contributed by atoms with Gasteiger partial charge in [0.05, 0.1) is 12.0 Å². The Morgan fingerprint density at radius 3 is 2.65 bits per heavy atom. The van der Waals surface area contributed by atoms with Crippen LogP contribution in [0.1, 0.15) is 6.92 Å². The number of esters is 1. The van der Waals surface area contributed by atoms with Gasteiger partial charge in [-0.3, -0.25) is 19.6 Å². The SMILES string of the molecule is COC(=O)C(C)S(=O)(=O)Nc1nc(Cl)ccc1[N+](=O)[O-]. The molecule has 1 N–H and O–H groups in total. The quantitative estimate of drug-likeness (QED) is 0.369. The summed E-state index contributed by atoms with van der Waals surface area (Å²) < 4.78 is 29.9. The highest BCUT2D eigenvalue weighted by Crippen LogP contribution is 2.25. The van der Waals surface area contributed by atoms with Crippen LogP contribution in [0.15, 0.2) is 12.1 Å². The molecular formula is C9H10ClN3O6S. The maximum Gasteiger partial charge on any atom is 0.325 e. The van der Waals surface area contributed by atoms with Crippen LogP contribution in [-0.4, -0.2) is 36.7 Å². The average Bonchev–Trinajstić information content (AvgIpc) is 2.36. The summed E-state index contributed by atoms with van der Waals surface area (Å²) in [5, 5.41) is 9.07. The van der Waals surface area contributed by atoms with Gasteiger partial charge in [-0.15, -0.1) is 0 Å². The Morgan fingerprint density at radius 2 is 2.15 bits per heavy atom. The summed E-state index contributed by atoms with van der Waals surface area (Å²) in [6.45, 7) is 1.07. The Bertz CT molecular complexity index is 647. The van der Waals surface area contributed by atoms with Crippen LogP contribution in [0.3, 0.4) is 0 Å². The molecule has 1 aromatic heterocycles. The largest absolute Gasteiger partial charge is 0.468 e. The molecule has 11 heteroatoms. The van der Waals surface area contributed by atoms with Crippen molar-refractivity contribution in [2.45, 2.75) is 12.2 Å². The van der Waals surface area contributed by atoms with Gasteiger partial charge in [0.1, 0.15) is 5.15 Å². The van der Waals surface area contributed by atoms with Crippen molar-refractivity contribution in [3.8, 4) is 0 Å². The van der Waals surface area contributed by atoms with Gasteiger partial charge in [-0.2, -0.15) is 0 Å². The highest BCUT2D eigenvalue weighted by atomic mass is 35.5. The van der Waals surface area contributed by atoms with Gasteiger partial charge in [0.25, 0.3) is 0 Å². The number of nitro groups is 1. The maximum absolute atomic E-state index is 11.9. The first-order valence-corrected chi connectivity index (χ1v) is 7.02. The number of pyridine rings is 1. The second kappa shape index (κ2) is 6.01. The molecule has 0 amide bonds. The van der Waals surface area contributed by atoms with E-state index in [0.717, 1.165) is 26.2 Å². The molecule has 0 aliphatic carbocycles. The Labute approximate surface area is 119 Å². The zero-order valence-electron chi connectivity index (χ0n) is 10.4. The molecule has 1 rings (SSSR count). The van der Waals surface area contributed by atoms with Gasteiger partial charge in [0.2, 0.25) is 15.8 Å². The van der Waals surface area contributed by atoms with E-state index >= 15 is 0 Å². The molecule has 1 atom stereocenters. The van der Waals surface area contributed by atoms with E-state index < -0.39 is 37.7 Å². The molecule has 1 aromatic rings. The average molecular weight is 324 g/mol. The topological polar surface area (TPSA) is 128 Å². The van der Waals surface area contributed by atoms with Gasteiger partial charge in [-0.25, -0.2) is 13.4 Å². The molecule has 0 radical (unpaired) electrons. The Hall–Kier alpha value is -1.94. The number of anilines is 1. The van der Waals surface area contributed by atoms with Crippen molar-refractivity contribution >= 4 is 39.1 Å². The Morgan fingerprint density at radius 1 is 1.55 bits per heavy atom. The van der Waals surface area contributed by atoms with Gasteiger partial charge < -0.3 is 4.74 Å². The second-order valence-electron chi connectivity index (χ2n) is 3.57. The molecule has 0 saturated heterocycles. The number of hydrogen-bond donors (Lipinski definition) is 1. The number of methoxy groups -OCH3 is 1. The number of nitrogens with zero attached hydrogens (tertiary/aromatic N) is 2. The fourth-order valence-electron chi connectivity index (χ4n) is 1.17. The summed E-state index contributed by atoms with van der Waals surface area (Å²) in [5.41, 5.74) is -0.588. The summed E-state index contributed by atoms with van der Waals surface area (Å²) in [6, 6.07) is 2.14. The first-order valence-electron chi connectivity index (χ1n) is 5.09. The molecule has 0 fully saturated rings. The number of halogens is 1. The lowest BCUT2D eigenvalue weighted by molar-refractivity contribution is -0.384. The van der Waals surface area contributed by atoms with E-state index in [9.17, 15) is 23.3 Å². The summed E-state index contributed by atoms with van der Waals surface area (Å²) in [7, 11) is -3.23. The Kier molecular flexibility index (Phi) is 4.84. The van der Waals surface area contributed by atoms with E-state index in [1.54, 1.807) is 0 Å². The van der Waals surface area contributed by atoms with Crippen LogP contribution in [0, 0.1) is 10.1 Å². The number of carbonyl (C=O) groups excluding carboxylic acids is 1. The highest BCUT2D eigenvalue weighted by molar-refractivity contribution is 7.94. The number of aromatic nitrogens is 1. The molecule has 9 nitrogen and oxygen atoms in total. The van der Waals surface area contributed by atoms with Gasteiger partial charge in [0.15, 0.2) is 5.25 Å². The minimum Gasteiger partial charge on any atom is -0.468 e. The van der Waals surface area contributed by atoms with Crippen LogP contribution >= 0.6 is 11.6 Å². The van der Waals surface area contributed by atoms with Crippen molar-refractivity contribution in [1.29, 1.82) is 0 Å². The van der Waals surface area contributed by atoms with Gasteiger partial charge >= 0.3 is 11.7 Å². The molecule has 110 valence electrons. The molecule has 1 unspecified atom stereocenters. The van der Waals surface area contributed by atoms with Crippen LogP contribution in [0.5, 0.6) is 0 Å². The van der Waals surface area contributed by atoms with Crippen molar-refractivity contribution in [1.82, 2.24) is 4.98 Å². The van der Waals surface area contributed by atoms with Crippen molar-refractivity contribution in [3.05, 3.63) is 27.4 Å². The minimum absolute atomic E-state index is 0.140. The predicted molar refractivity (Wildman–Crippen MR) is 69.9 cm³/mol. The lowest BCUT2D eigenvalue weighted by atomic mass is 10.4. The molecule has 0 aliphatic heterocycles. The number of nitrogens with one attached hydrogen (secondary N) is 1. The molecule has 0 spiro atoms. The van der Waals surface area contributed by atoms with Gasteiger partial charge in [0, 0.05) is 6.07 Å². The van der Waals surface area contributed by atoms with Gasteiger partial charge in [-0.05, 0) is 13.0 Å². The van der Waals surface area contributed by atoms with Crippen LogP contribution < -0.4 is 4.72 Å². The highest BCUT2D eigenvalue weighted by Gasteiger charge is 2.31. The van der Waals surface area contributed by atoms with Crippen molar-refractivity contribution < 1.29 is 22.9 Å². The van der Waals surface area contributed by atoms with Gasteiger partial charge in [-0.1, -0.05) is 11.6 Å². The third kappa shape index (κ3) is 3.54. The molecule has 1 heterocycles. The maximum atomic E-state index is 11.9. The first kappa shape index (κ1) is 16.1. The lowest BCUT2D eigenvalue weighted by Gasteiger charge is -2.12. The molecular weight excluding hydrogens is 314 g/mol. The fraction of sp³-hybridized carbons (Fsp3) is 0.333. The van der Waals surface area contributed by atoms with Crippen LogP contribution in [0.2, 0.25) is 5.15 Å². The predicted octanol–water partition coefficient (Wildman–Crippen LogP) is 0.946. The third-order valence-electron chi connectivity index (χ3n) is 2.27. The van der Waals surface area contributed by atoms with E-state index in [1.165, 1.54) is 0 Å². The first-order chi connectivity index (χ1) is 9.19. The van der Waals surface area contributed by atoms with E-state index in [-0.39, 0.29) is 5.15 Å². The molecule has 20 heavy (non-hydrogen) atoms. The summed E-state index contributed by atoms with van der Waals surface area (Å²) in [6.07, 6.45) is 0. The minimum atomic E-state index is -4.25. The number of rotatable bonds is 5. The van der Waals surface area contributed by atoms with Crippen molar-refractivity contribution in [3.63, 3.8) is 0 Å². The molecule has 0 aliphatic rings. The van der Waals surface area contributed by atoms with E-state index in [2.05, 4.69) is 9.72 Å². The number of carbonyl (C=O) groups is 1. The standard InChI is InChI=1S/C9H10ClN3O6S/c1-5(9(14)19-2)20(17,18)12-8-6(13(15)16)3-4-7(10)11-8/h3-5H,1-2H3,(H,11,12). The lowest BCUT2D eigenvalue weighted by Crippen LogP contribution is -2.33. The van der Waals surface area contributed by atoms with Crippen LogP contribution in [0.4, 0.5) is 11.5 Å². The zero-order valence-corrected chi connectivity index (χ0v) is 11.9. The summed E-state index contributed by atoms with van der Waals surface area (Å²) in [5.74, 6) is -1.58. The smallest absolute Gasteiger partial charge is 0.325 e. The third-order valence-corrected chi connectivity index (χ3v) is 4.09. The monoisotopic (exact) mass is 323 g/mol. The van der Waals surface area contributed by atoms with E-state index in [0.29, 0.717) is 0 Å². The fourth-order valence-corrected chi connectivity index (χ4v) is 2.26. The second-order valence-corrected chi connectivity index (χ2v) is 5.96. The number of ether oxygens (including phenoxy) is 1. The number of sulfonamides is 1. The molecule has 0 aromatic carbocycles. The normalized spacial score (nSPS) is 12.6. The molecule has 0 saturated carbocycles. The zero-order chi connectivity index (χ0) is 15.5. The number of hydrogen-bond acceptors (Lipinski definition) is 7.